The maximum absolute atomic E-state index is 14.8. The minimum Gasteiger partial charge on any atom is -0.487 e. The lowest BCUT2D eigenvalue weighted by Gasteiger charge is -2.20. The van der Waals surface area contributed by atoms with Gasteiger partial charge in [-0.3, -0.25) is 4.79 Å². The van der Waals surface area contributed by atoms with Gasteiger partial charge in [0.05, 0.1) is 37.2 Å². The van der Waals surface area contributed by atoms with E-state index in [2.05, 4.69) is 15.6 Å². The van der Waals surface area contributed by atoms with Crippen LogP contribution in [0.25, 0.3) is 0 Å². The van der Waals surface area contributed by atoms with Crippen LogP contribution in [-0.2, 0) is 27.4 Å². The first kappa shape index (κ1) is 35.3. The van der Waals surface area contributed by atoms with Crippen molar-refractivity contribution in [3.05, 3.63) is 82.2 Å². The summed E-state index contributed by atoms with van der Waals surface area (Å²) in [6, 6.07) is 12.2. The summed E-state index contributed by atoms with van der Waals surface area (Å²) in [4.78, 5) is 40.7. The predicted molar refractivity (Wildman–Crippen MR) is 171 cm³/mol. The molecule has 3 aromatic carbocycles. The van der Waals surface area contributed by atoms with Crippen molar-refractivity contribution >= 4 is 35.2 Å². The van der Waals surface area contributed by atoms with Gasteiger partial charge >= 0.3 is 12.1 Å². The van der Waals surface area contributed by atoms with E-state index in [9.17, 15) is 23.9 Å². The number of esters is 1. The lowest BCUT2D eigenvalue weighted by molar-refractivity contribution is -0.145. The molecule has 0 unspecified atom stereocenters. The van der Waals surface area contributed by atoms with E-state index >= 15 is 0 Å². The summed E-state index contributed by atoms with van der Waals surface area (Å²) >= 11 is 0. The number of aliphatic imine (C=N–C) groups is 1. The Kier molecular flexibility index (Phi) is 12.9. The number of nitrogens with one attached hydrogen (secondary N) is 2. The Morgan fingerprint density at radius 2 is 1.72 bits per heavy atom. The standard InChI is InChI=1S/C33H39FN4O8/c1-6-43-29(40)18-45-30-23(13-21(17-39)14-28(30)46-19(3)4)16-36-27-15-26(34)20(5)12-25(27)32(41)37-24-10-8-22(9-11-24)31(35)38-33(42)44-7-2/h8-15,19,36,39H,6-7,16-18H2,1-5H3,(H,37,41)(H2,35,38,42). The van der Waals surface area contributed by atoms with Crippen LogP contribution in [0.4, 0.5) is 20.6 Å². The monoisotopic (exact) mass is 638 g/mol. The van der Waals surface area contributed by atoms with Crippen LogP contribution in [0.3, 0.4) is 0 Å². The predicted octanol–water partition coefficient (Wildman–Crippen LogP) is 5.08. The number of hydrogen-bond acceptors (Lipinski definition) is 9. The molecule has 12 nitrogen and oxygen atoms in total. The van der Waals surface area contributed by atoms with Gasteiger partial charge in [-0.05, 0) is 94.3 Å². The zero-order valence-electron chi connectivity index (χ0n) is 26.4. The van der Waals surface area contributed by atoms with Crippen molar-refractivity contribution in [1.82, 2.24) is 0 Å². The highest BCUT2D eigenvalue weighted by Gasteiger charge is 2.20. The van der Waals surface area contributed by atoms with Gasteiger partial charge in [0.2, 0.25) is 0 Å². The van der Waals surface area contributed by atoms with Gasteiger partial charge < -0.3 is 40.4 Å². The van der Waals surface area contributed by atoms with Gasteiger partial charge in [-0.15, -0.1) is 0 Å². The fourth-order valence-corrected chi connectivity index (χ4v) is 4.23. The quantitative estimate of drug-likeness (QED) is 0.106. The number of aryl methyl sites for hydroxylation is 1. The molecular formula is C33H39FN4O8. The fourth-order valence-electron chi connectivity index (χ4n) is 4.23. The molecule has 0 saturated heterocycles. The highest BCUT2D eigenvalue weighted by atomic mass is 19.1. The number of benzene rings is 3. The van der Waals surface area contributed by atoms with Gasteiger partial charge in [0.15, 0.2) is 18.1 Å². The van der Waals surface area contributed by atoms with Crippen molar-refractivity contribution in [2.24, 2.45) is 10.7 Å². The smallest absolute Gasteiger partial charge is 0.435 e. The number of amidine groups is 1. The first-order valence-electron chi connectivity index (χ1n) is 14.6. The third kappa shape index (κ3) is 9.92. The van der Waals surface area contributed by atoms with Gasteiger partial charge in [-0.25, -0.2) is 14.0 Å². The Bertz CT molecular complexity index is 1570. The molecule has 246 valence electrons. The van der Waals surface area contributed by atoms with Gasteiger partial charge in [-0.1, -0.05) is 0 Å². The number of aliphatic hydroxyl groups is 1. The van der Waals surface area contributed by atoms with Crippen LogP contribution < -0.4 is 25.8 Å². The number of hydrogen-bond donors (Lipinski definition) is 4. The Morgan fingerprint density at radius 1 is 1.02 bits per heavy atom. The molecule has 0 aliphatic rings. The molecule has 0 radical (unpaired) electrons. The number of amides is 2. The minimum absolute atomic E-state index is 0.0109. The lowest BCUT2D eigenvalue weighted by atomic mass is 10.1. The Morgan fingerprint density at radius 3 is 2.35 bits per heavy atom. The second kappa shape index (κ2) is 16.8. The molecule has 0 heterocycles. The summed E-state index contributed by atoms with van der Waals surface area (Å²) in [6.07, 6.45) is -1.06. The molecule has 0 fully saturated rings. The van der Waals surface area contributed by atoms with Gasteiger partial charge in [0, 0.05) is 23.4 Å². The van der Waals surface area contributed by atoms with Crippen LogP contribution in [-0.4, -0.2) is 54.8 Å². The zero-order chi connectivity index (χ0) is 33.8. The highest BCUT2D eigenvalue weighted by molar-refractivity contribution is 6.08. The van der Waals surface area contributed by atoms with E-state index in [1.165, 1.54) is 19.1 Å². The van der Waals surface area contributed by atoms with E-state index in [1.54, 1.807) is 50.2 Å². The van der Waals surface area contributed by atoms with E-state index in [0.717, 1.165) is 0 Å². The molecule has 0 spiro atoms. The number of carbonyl (C=O) groups excluding carboxylic acids is 3. The molecule has 13 heteroatoms. The molecule has 0 bridgehead atoms. The first-order valence-corrected chi connectivity index (χ1v) is 14.6. The van der Waals surface area contributed by atoms with Crippen molar-refractivity contribution in [3.63, 3.8) is 0 Å². The zero-order valence-corrected chi connectivity index (χ0v) is 26.4. The van der Waals surface area contributed by atoms with E-state index in [1.807, 2.05) is 13.8 Å². The maximum atomic E-state index is 14.8. The third-order valence-corrected chi connectivity index (χ3v) is 6.31. The van der Waals surface area contributed by atoms with Crippen LogP contribution in [0.2, 0.25) is 0 Å². The molecule has 2 amide bonds. The SMILES string of the molecule is CCOC(=O)COc1c(CNc2cc(F)c(C)cc2C(=O)Nc2ccc(/C(N)=N/C(=O)OCC)cc2)cc(CO)cc1OC(C)C. The Hall–Kier alpha value is -5.17. The molecule has 46 heavy (non-hydrogen) atoms. The van der Waals surface area contributed by atoms with Crippen LogP contribution >= 0.6 is 0 Å². The fraction of sp³-hybridized carbons (Fsp3) is 0.333. The van der Waals surface area contributed by atoms with E-state index < -0.39 is 23.8 Å². The van der Waals surface area contributed by atoms with Crippen molar-refractivity contribution < 1.29 is 42.8 Å². The van der Waals surface area contributed by atoms with Gasteiger partial charge in [0.1, 0.15) is 11.7 Å². The molecule has 5 N–H and O–H groups in total. The van der Waals surface area contributed by atoms with E-state index in [0.29, 0.717) is 28.1 Å². The molecule has 0 atom stereocenters. The number of rotatable bonds is 14. The number of nitrogens with zero attached hydrogens (tertiary/aromatic N) is 1. The number of aliphatic hydroxyl groups excluding tert-OH is 1. The molecule has 0 aliphatic carbocycles. The summed E-state index contributed by atoms with van der Waals surface area (Å²) in [5.74, 6) is -1.16. The number of anilines is 2. The average Bonchev–Trinajstić information content (AvgIpc) is 3.00. The third-order valence-electron chi connectivity index (χ3n) is 6.31. The van der Waals surface area contributed by atoms with E-state index in [4.69, 9.17) is 24.7 Å². The Labute approximate surface area is 266 Å². The van der Waals surface area contributed by atoms with Crippen LogP contribution in [0.1, 0.15) is 60.3 Å². The van der Waals surface area contributed by atoms with Gasteiger partial charge in [0.25, 0.3) is 5.91 Å². The number of halogens is 1. The second-order valence-corrected chi connectivity index (χ2v) is 10.2. The lowest BCUT2D eigenvalue weighted by Crippen LogP contribution is -2.18. The molecular weight excluding hydrogens is 599 g/mol. The van der Waals surface area contributed by atoms with Crippen molar-refractivity contribution in [2.45, 2.75) is 53.9 Å². The number of ether oxygens (including phenoxy) is 4. The largest absolute Gasteiger partial charge is 0.487 e. The summed E-state index contributed by atoms with van der Waals surface area (Å²) in [5, 5.41) is 15.8. The van der Waals surface area contributed by atoms with Gasteiger partial charge in [-0.2, -0.15) is 4.99 Å². The molecule has 0 aliphatic heterocycles. The Balaban J connectivity index is 1.89. The summed E-state index contributed by atoms with van der Waals surface area (Å²) in [5.41, 5.74) is 8.31. The van der Waals surface area contributed by atoms with Crippen molar-refractivity contribution in [3.8, 4) is 11.5 Å². The first-order chi connectivity index (χ1) is 21.9. The summed E-state index contributed by atoms with van der Waals surface area (Å²) in [7, 11) is 0. The topological polar surface area (TPSA) is 171 Å². The second-order valence-electron chi connectivity index (χ2n) is 10.2. The van der Waals surface area contributed by atoms with Crippen molar-refractivity contribution in [1.29, 1.82) is 0 Å². The number of nitrogens with two attached hydrogens (primary N) is 1. The van der Waals surface area contributed by atoms with Crippen LogP contribution in [0.15, 0.2) is 53.5 Å². The number of carbonyl (C=O) groups is 3. The minimum atomic E-state index is -0.812. The maximum Gasteiger partial charge on any atom is 0.435 e. The van der Waals surface area contributed by atoms with Crippen LogP contribution in [0, 0.1) is 12.7 Å². The van der Waals surface area contributed by atoms with E-state index in [-0.39, 0.29) is 67.5 Å². The van der Waals surface area contributed by atoms with Crippen molar-refractivity contribution in [2.75, 3.05) is 30.5 Å². The molecule has 0 aromatic heterocycles. The average molecular weight is 639 g/mol. The van der Waals surface area contributed by atoms with Crippen LogP contribution in [0.5, 0.6) is 11.5 Å². The molecule has 3 aromatic rings. The summed E-state index contributed by atoms with van der Waals surface area (Å²) in [6.45, 7) is 8.17. The molecule has 3 rings (SSSR count). The summed E-state index contributed by atoms with van der Waals surface area (Å²) < 4.78 is 36.2. The highest BCUT2D eigenvalue weighted by Crippen LogP contribution is 2.35. The normalized spacial score (nSPS) is 11.2. The molecule has 0 saturated carbocycles.